The smallest absolute Gasteiger partial charge is 0.258 e. The summed E-state index contributed by atoms with van der Waals surface area (Å²) >= 11 is 0. The predicted molar refractivity (Wildman–Crippen MR) is 93.0 cm³/mol. The first kappa shape index (κ1) is 22.5. The largest absolute Gasteiger partial charge is 1.00 e. The van der Waals surface area contributed by atoms with Crippen LogP contribution in [0, 0.1) is 0 Å². The number of unbranched alkanes of at least 4 members (excludes halogenated alkanes) is 1. The van der Waals surface area contributed by atoms with Crippen molar-refractivity contribution in [2.75, 3.05) is 20.3 Å². The Kier molecular flexibility index (Phi) is 10.5. The Bertz CT molecular complexity index is 502. The molecule has 5 nitrogen and oxygen atoms in total. The molecule has 0 aromatic heterocycles. The number of para-hydroxylation sites is 1. The van der Waals surface area contributed by atoms with Crippen LogP contribution >= 0.6 is 0 Å². The zero-order valence-corrected chi connectivity index (χ0v) is 16.1. The van der Waals surface area contributed by atoms with E-state index in [-0.39, 0.29) is 30.5 Å². The summed E-state index contributed by atoms with van der Waals surface area (Å²) < 4.78 is 11.1. The molecule has 1 amide bonds. The first-order chi connectivity index (χ1) is 10.9. The highest BCUT2D eigenvalue weighted by Gasteiger charge is 2.16. The third-order valence-corrected chi connectivity index (χ3v) is 3.16. The van der Waals surface area contributed by atoms with Crippen LogP contribution in [0.5, 0.6) is 11.5 Å². The summed E-state index contributed by atoms with van der Waals surface area (Å²) in [6.45, 7) is 9.60. The third-order valence-electron chi connectivity index (χ3n) is 3.16. The van der Waals surface area contributed by atoms with Gasteiger partial charge in [-0.3, -0.25) is 4.79 Å². The van der Waals surface area contributed by atoms with E-state index in [2.05, 4.69) is 17.6 Å². The van der Waals surface area contributed by atoms with Gasteiger partial charge in [0.05, 0.1) is 7.11 Å². The normalized spacial score (nSPS) is 10.7. The quantitative estimate of drug-likeness (QED) is 0.605. The van der Waals surface area contributed by atoms with Gasteiger partial charge in [0.2, 0.25) is 0 Å². The van der Waals surface area contributed by atoms with Crippen LogP contribution in [0.2, 0.25) is 0 Å². The minimum atomic E-state index is -0.272. The van der Waals surface area contributed by atoms with Gasteiger partial charge in [0.1, 0.15) is 0 Å². The molecule has 0 saturated heterocycles. The van der Waals surface area contributed by atoms with Crippen LogP contribution in [0.4, 0.5) is 0 Å². The maximum absolute atomic E-state index is 11.9. The summed E-state index contributed by atoms with van der Waals surface area (Å²) in [5.41, 5.74) is 0.718. The molecule has 0 aliphatic heterocycles. The molecule has 0 heterocycles. The van der Waals surface area contributed by atoms with Gasteiger partial charge in [-0.05, 0) is 39.8 Å². The minimum absolute atomic E-state index is 0. The van der Waals surface area contributed by atoms with E-state index in [9.17, 15) is 4.79 Å². The molecule has 0 atom stereocenters. The van der Waals surface area contributed by atoms with Crippen molar-refractivity contribution in [2.24, 2.45) is 0 Å². The minimum Gasteiger partial charge on any atom is -1.00 e. The second-order valence-corrected chi connectivity index (χ2v) is 6.57. The number of rotatable bonds is 9. The van der Waals surface area contributed by atoms with Crippen LogP contribution in [-0.4, -0.2) is 31.7 Å². The van der Waals surface area contributed by atoms with Crippen molar-refractivity contribution in [2.45, 2.75) is 52.6 Å². The van der Waals surface area contributed by atoms with Gasteiger partial charge in [-0.15, -0.1) is 0 Å². The number of nitrogens with one attached hydrogen (secondary N) is 2. The van der Waals surface area contributed by atoms with Gasteiger partial charge in [0, 0.05) is 17.6 Å². The monoisotopic (exact) mass is 357 g/mol. The van der Waals surface area contributed by atoms with Crippen LogP contribution in [0.1, 0.15) is 46.1 Å². The third kappa shape index (κ3) is 8.41. The van der Waals surface area contributed by atoms with Crippen LogP contribution < -0.4 is 32.5 Å². The molecule has 138 valence electrons. The highest BCUT2D eigenvalue weighted by molar-refractivity contribution is 5.78. The van der Waals surface area contributed by atoms with Crippen LogP contribution in [0.3, 0.4) is 0 Å². The molecule has 0 radical (unpaired) electrons. The molecule has 0 aliphatic carbocycles. The molecular weight excluding hydrogens is 328 g/mol. The van der Waals surface area contributed by atoms with Crippen molar-refractivity contribution < 1.29 is 26.7 Å². The molecule has 1 aromatic carbocycles. The molecule has 0 aliphatic rings. The highest BCUT2D eigenvalue weighted by atomic mass is 35.5. The van der Waals surface area contributed by atoms with Gasteiger partial charge in [-0.25, -0.2) is 0 Å². The lowest BCUT2D eigenvalue weighted by Gasteiger charge is -2.21. The number of carbonyl (C=O) groups is 1. The summed E-state index contributed by atoms with van der Waals surface area (Å²) in [6, 6.07) is 5.75. The van der Waals surface area contributed by atoms with Gasteiger partial charge in [-0.1, -0.05) is 25.5 Å². The van der Waals surface area contributed by atoms with Crippen molar-refractivity contribution in [1.82, 2.24) is 10.6 Å². The van der Waals surface area contributed by atoms with Crippen molar-refractivity contribution in [3.8, 4) is 11.5 Å². The lowest BCUT2D eigenvalue weighted by Crippen LogP contribution is -3.00. The summed E-state index contributed by atoms with van der Waals surface area (Å²) in [7, 11) is 1.60. The van der Waals surface area contributed by atoms with Crippen LogP contribution in [0.25, 0.3) is 0 Å². The van der Waals surface area contributed by atoms with E-state index in [4.69, 9.17) is 9.47 Å². The SMILES string of the molecule is CCCCNCc1cccc(OC)c1OCC(=O)NC(C)(C)C.[Cl-]. The summed E-state index contributed by atoms with van der Waals surface area (Å²) in [5.74, 6) is 1.12. The number of amides is 1. The number of halogens is 1. The molecule has 0 spiro atoms. The average molecular weight is 358 g/mol. The Morgan fingerprint density at radius 2 is 1.96 bits per heavy atom. The Hall–Kier alpha value is -1.46. The van der Waals surface area contributed by atoms with Gasteiger partial charge in [0.15, 0.2) is 18.1 Å². The summed E-state index contributed by atoms with van der Waals surface area (Å²) in [4.78, 5) is 11.9. The first-order valence-corrected chi connectivity index (χ1v) is 8.17. The summed E-state index contributed by atoms with van der Waals surface area (Å²) in [5, 5.41) is 6.27. The van der Waals surface area contributed by atoms with Crippen molar-refractivity contribution in [1.29, 1.82) is 0 Å². The van der Waals surface area contributed by atoms with Crippen molar-refractivity contribution in [3.05, 3.63) is 23.8 Å². The second-order valence-electron chi connectivity index (χ2n) is 6.57. The molecule has 0 saturated carbocycles. The molecule has 1 aromatic rings. The maximum Gasteiger partial charge on any atom is 0.258 e. The number of hydrogen-bond donors (Lipinski definition) is 2. The highest BCUT2D eigenvalue weighted by Crippen LogP contribution is 2.31. The van der Waals surface area contributed by atoms with Crippen molar-refractivity contribution >= 4 is 5.91 Å². The number of carbonyl (C=O) groups excluding carboxylic acids is 1. The fourth-order valence-electron chi connectivity index (χ4n) is 2.14. The van der Waals surface area contributed by atoms with E-state index in [1.54, 1.807) is 7.11 Å². The number of benzene rings is 1. The molecular formula is C18H30ClN2O3-. The fourth-order valence-corrected chi connectivity index (χ4v) is 2.14. The van der Waals surface area contributed by atoms with E-state index in [0.717, 1.165) is 24.9 Å². The molecule has 24 heavy (non-hydrogen) atoms. The maximum atomic E-state index is 11.9. The van der Waals surface area contributed by atoms with E-state index in [1.165, 1.54) is 0 Å². The topological polar surface area (TPSA) is 59.6 Å². The second kappa shape index (κ2) is 11.2. The standard InChI is InChI=1S/C18H30N2O3.ClH/c1-6-7-11-19-12-14-9-8-10-15(22-5)17(14)23-13-16(21)20-18(2,3)4;/h8-10,19H,6-7,11-13H2,1-5H3,(H,20,21);1H/p-1. The average Bonchev–Trinajstić information content (AvgIpc) is 2.48. The van der Waals surface area contributed by atoms with Gasteiger partial charge in [0.25, 0.3) is 5.91 Å². The van der Waals surface area contributed by atoms with E-state index < -0.39 is 0 Å². The van der Waals surface area contributed by atoms with Crippen molar-refractivity contribution in [3.63, 3.8) is 0 Å². The Morgan fingerprint density at radius 3 is 2.54 bits per heavy atom. The van der Waals surface area contributed by atoms with Gasteiger partial charge in [-0.2, -0.15) is 0 Å². The zero-order chi connectivity index (χ0) is 17.3. The zero-order valence-electron chi connectivity index (χ0n) is 15.4. The van der Waals surface area contributed by atoms with Crippen LogP contribution in [0.15, 0.2) is 18.2 Å². The number of hydrogen-bond acceptors (Lipinski definition) is 4. The number of ether oxygens (including phenoxy) is 2. The Morgan fingerprint density at radius 1 is 1.25 bits per heavy atom. The van der Waals surface area contributed by atoms with Crippen LogP contribution in [-0.2, 0) is 11.3 Å². The lowest BCUT2D eigenvalue weighted by molar-refractivity contribution is -0.124. The van der Waals surface area contributed by atoms with E-state index in [0.29, 0.717) is 18.0 Å². The number of methoxy groups -OCH3 is 1. The first-order valence-electron chi connectivity index (χ1n) is 8.17. The molecule has 1 rings (SSSR count). The fraction of sp³-hybridized carbons (Fsp3) is 0.611. The molecule has 0 fully saturated rings. The van der Waals surface area contributed by atoms with Gasteiger partial charge >= 0.3 is 0 Å². The van der Waals surface area contributed by atoms with E-state index >= 15 is 0 Å². The van der Waals surface area contributed by atoms with Gasteiger partial charge < -0.3 is 32.5 Å². The lowest BCUT2D eigenvalue weighted by atomic mass is 10.1. The predicted octanol–water partition coefficient (Wildman–Crippen LogP) is -0.118. The summed E-state index contributed by atoms with van der Waals surface area (Å²) in [6.07, 6.45) is 2.29. The molecule has 0 unspecified atom stereocenters. The molecule has 2 N–H and O–H groups in total. The van der Waals surface area contributed by atoms with E-state index in [1.807, 2.05) is 39.0 Å². The molecule has 6 heteroatoms. The Balaban J connectivity index is 0.00000529. The molecule has 0 bridgehead atoms. The Labute approximate surface area is 151 Å².